The zero-order valence-electron chi connectivity index (χ0n) is 14.4. The molecule has 0 heterocycles. The number of hydrazone groups is 1. The topological polar surface area (TPSA) is 70.6 Å². The molecule has 2 aromatic carbocycles. The van der Waals surface area contributed by atoms with Crippen LogP contribution in [0.4, 0.5) is 5.69 Å². The van der Waals surface area contributed by atoms with E-state index in [1.807, 2.05) is 50.2 Å². The summed E-state index contributed by atoms with van der Waals surface area (Å²) in [6.45, 7) is 3.79. The molecular weight excluding hydrogens is 314 g/mol. The fraction of sp³-hybridized carbons (Fsp3) is 0.250. The van der Waals surface area contributed by atoms with Crippen molar-refractivity contribution >= 4 is 23.2 Å². The quantitative estimate of drug-likeness (QED) is 0.648. The van der Waals surface area contributed by atoms with E-state index in [0.29, 0.717) is 11.3 Å². The van der Waals surface area contributed by atoms with Gasteiger partial charge in [-0.1, -0.05) is 29.8 Å². The molecule has 2 amide bonds. The first kappa shape index (κ1) is 16.9. The summed E-state index contributed by atoms with van der Waals surface area (Å²) in [5, 5.41) is 7.08. The van der Waals surface area contributed by atoms with Crippen LogP contribution in [-0.2, 0) is 4.79 Å². The summed E-state index contributed by atoms with van der Waals surface area (Å²) >= 11 is 0. The summed E-state index contributed by atoms with van der Waals surface area (Å²) in [5.41, 5.74) is 6.49. The largest absolute Gasteiger partial charge is 0.326 e. The molecule has 0 radical (unpaired) electrons. The van der Waals surface area contributed by atoms with E-state index in [4.69, 9.17) is 0 Å². The van der Waals surface area contributed by atoms with Crippen LogP contribution in [0.25, 0.3) is 0 Å². The second-order valence-corrected chi connectivity index (χ2v) is 6.35. The van der Waals surface area contributed by atoms with Crippen molar-refractivity contribution in [1.29, 1.82) is 0 Å². The number of benzene rings is 2. The summed E-state index contributed by atoms with van der Waals surface area (Å²) in [6.07, 6.45) is 1.94. The van der Waals surface area contributed by atoms with Gasteiger partial charge >= 0.3 is 0 Å². The molecule has 5 nitrogen and oxygen atoms in total. The van der Waals surface area contributed by atoms with Crippen molar-refractivity contribution in [3.8, 4) is 0 Å². The van der Waals surface area contributed by atoms with Crippen LogP contribution in [0.1, 0.15) is 41.3 Å². The van der Waals surface area contributed by atoms with Gasteiger partial charge in [-0.3, -0.25) is 9.59 Å². The third-order valence-electron chi connectivity index (χ3n) is 4.13. The zero-order valence-corrected chi connectivity index (χ0v) is 14.4. The number of hydrogen-bond donors (Lipinski definition) is 2. The molecular formula is C20H21N3O2. The molecule has 0 saturated heterocycles. The van der Waals surface area contributed by atoms with Crippen molar-refractivity contribution in [3.05, 3.63) is 65.2 Å². The Hall–Kier alpha value is -2.95. The minimum atomic E-state index is -0.252. The number of anilines is 1. The van der Waals surface area contributed by atoms with Gasteiger partial charge in [-0.05, 0) is 56.5 Å². The monoisotopic (exact) mass is 335 g/mol. The molecule has 0 aliphatic heterocycles. The Balaban J connectivity index is 1.66. The Labute approximate surface area is 147 Å². The van der Waals surface area contributed by atoms with Crippen LogP contribution < -0.4 is 10.7 Å². The molecule has 0 bridgehead atoms. The number of amides is 2. The summed E-state index contributed by atoms with van der Waals surface area (Å²) in [7, 11) is 0. The number of rotatable bonds is 5. The van der Waals surface area contributed by atoms with Crippen LogP contribution in [-0.4, -0.2) is 17.5 Å². The van der Waals surface area contributed by atoms with Crippen LogP contribution >= 0.6 is 0 Å². The van der Waals surface area contributed by atoms with E-state index in [2.05, 4.69) is 15.8 Å². The van der Waals surface area contributed by atoms with Crippen LogP contribution in [0.15, 0.2) is 53.6 Å². The van der Waals surface area contributed by atoms with E-state index in [1.165, 1.54) is 0 Å². The van der Waals surface area contributed by atoms with Gasteiger partial charge in [0, 0.05) is 17.2 Å². The summed E-state index contributed by atoms with van der Waals surface area (Å²) < 4.78 is 0. The van der Waals surface area contributed by atoms with E-state index in [0.717, 1.165) is 29.7 Å². The molecule has 3 rings (SSSR count). The van der Waals surface area contributed by atoms with E-state index < -0.39 is 0 Å². The average molecular weight is 335 g/mol. The van der Waals surface area contributed by atoms with E-state index in [1.54, 1.807) is 12.1 Å². The van der Waals surface area contributed by atoms with E-state index in [-0.39, 0.29) is 17.7 Å². The second-order valence-electron chi connectivity index (χ2n) is 6.35. The maximum absolute atomic E-state index is 12.1. The van der Waals surface area contributed by atoms with Crippen LogP contribution in [0.3, 0.4) is 0 Å². The molecule has 1 aliphatic carbocycles. The highest BCUT2D eigenvalue weighted by atomic mass is 16.2. The van der Waals surface area contributed by atoms with Gasteiger partial charge in [0.1, 0.15) is 0 Å². The van der Waals surface area contributed by atoms with Gasteiger partial charge in [0.2, 0.25) is 5.91 Å². The van der Waals surface area contributed by atoms with Crippen molar-refractivity contribution in [2.24, 2.45) is 11.0 Å². The molecule has 25 heavy (non-hydrogen) atoms. The highest BCUT2D eigenvalue weighted by molar-refractivity contribution is 6.02. The standard InChI is InChI=1S/C20H21N3O2/c1-13-6-8-16(9-7-13)20(25)23-22-14(2)17-4-3-5-18(12-17)21-19(24)15-10-11-15/h3-9,12,15H,10-11H2,1-2H3,(H,21,24)(H,23,25)/b22-14+. The minimum Gasteiger partial charge on any atom is -0.326 e. The first-order valence-corrected chi connectivity index (χ1v) is 8.35. The Morgan fingerprint density at radius 3 is 2.44 bits per heavy atom. The van der Waals surface area contributed by atoms with Gasteiger partial charge in [0.25, 0.3) is 5.91 Å². The molecule has 5 heteroatoms. The van der Waals surface area contributed by atoms with Crippen molar-refractivity contribution in [2.45, 2.75) is 26.7 Å². The van der Waals surface area contributed by atoms with E-state index >= 15 is 0 Å². The third-order valence-corrected chi connectivity index (χ3v) is 4.13. The number of hydrogen-bond acceptors (Lipinski definition) is 3. The third kappa shape index (κ3) is 4.53. The molecule has 128 valence electrons. The van der Waals surface area contributed by atoms with Gasteiger partial charge in [-0.2, -0.15) is 5.10 Å². The number of carbonyl (C=O) groups excluding carboxylic acids is 2. The number of aryl methyl sites for hydroxylation is 1. The van der Waals surface area contributed by atoms with Crippen molar-refractivity contribution in [3.63, 3.8) is 0 Å². The highest BCUT2D eigenvalue weighted by Crippen LogP contribution is 2.30. The minimum absolute atomic E-state index is 0.0689. The highest BCUT2D eigenvalue weighted by Gasteiger charge is 2.29. The van der Waals surface area contributed by atoms with Gasteiger partial charge in [-0.15, -0.1) is 0 Å². The Kier molecular flexibility index (Phi) is 4.93. The van der Waals surface area contributed by atoms with Gasteiger partial charge in [0.15, 0.2) is 0 Å². The molecule has 2 N–H and O–H groups in total. The molecule has 0 atom stereocenters. The number of nitrogens with one attached hydrogen (secondary N) is 2. The molecule has 1 fully saturated rings. The van der Waals surface area contributed by atoms with Crippen molar-refractivity contribution in [2.75, 3.05) is 5.32 Å². The molecule has 2 aromatic rings. The summed E-state index contributed by atoms with van der Waals surface area (Å²) in [4.78, 5) is 24.0. The predicted molar refractivity (Wildman–Crippen MR) is 98.7 cm³/mol. The fourth-order valence-electron chi connectivity index (χ4n) is 2.38. The maximum Gasteiger partial charge on any atom is 0.271 e. The normalized spacial score (nSPS) is 14.1. The zero-order chi connectivity index (χ0) is 17.8. The fourth-order valence-corrected chi connectivity index (χ4v) is 2.38. The molecule has 1 saturated carbocycles. The predicted octanol–water partition coefficient (Wildman–Crippen LogP) is 3.50. The van der Waals surface area contributed by atoms with Gasteiger partial charge in [-0.25, -0.2) is 5.43 Å². The maximum atomic E-state index is 12.1. The lowest BCUT2D eigenvalue weighted by Gasteiger charge is -2.07. The smallest absolute Gasteiger partial charge is 0.271 e. The lowest BCUT2D eigenvalue weighted by atomic mass is 10.1. The molecule has 0 unspecified atom stereocenters. The first-order valence-electron chi connectivity index (χ1n) is 8.35. The van der Waals surface area contributed by atoms with Gasteiger partial charge in [0.05, 0.1) is 5.71 Å². The molecule has 0 aromatic heterocycles. The van der Waals surface area contributed by atoms with Crippen LogP contribution in [0, 0.1) is 12.8 Å². The van der Waals surface area contributed by atoms with Crippen molar-refractivity contribution < 1.29 is 9.59 Å². The van der Waals surface area contributed by atoms with E-state index in [9.17, 15) is 9.59 Å². The summed E-state index contributed by atoms with van der Waals surface area (Å²) in [6, 6.07) is 14.8. The number of carbonyl (C=O) groups is 2. The van der Waals surface area contributed by atoms with Gasteiger partial charge < -0.3 is 5.32 Å². The van der Waals surface area contributed by atoms with Crippen LogP contribution in [0.5, 0.6) is 0 Å². The lowest BCUT2D eigenvalue weighted by Crippen LogP contribution is -2.19. The first-order chi connectivity index (χ1) is 12.0. The Bertz CT molecular complexity index is 821. The average Bonchev–Trinajstić information content (AvgIpc) is 3.45. The second kappa shape index (κ2) is 7.30. The lowest BCUT2D eigenvalue weighted by molar-refractivity contribution is -0.117. The van der Waals surface area contributed by atoms with Crippen molar-refractivity contribution in [1.82, 2.24) is 5.43 Å². The molecule has 1 aliphatic rings. The summed E-state index contributed by atoms with van der Waals surface area (Å²) in [5.74, 6) is -0.0239. The Morgan fingerprint density at radius 2 is 1.76 bits per heavy atom. The molecule has 0 spiro atoms. The Morgan fingerprint density at radius 1 is 1.04 bits per heavy atom. The SMILES string of the molecule is C/C(=N\NC(=O)c1ccc(C)cc1)c1cccc(NC(=O)C2CC2)c1. The van der Waals surface area contributed by atoms with Crippen LogP contribution in [0.2, 0.25) is 0 Å². The number of nitrogens with zero attached hydrogens (tertiary/aromatic N) is 1.